The van der Waals surface area contributed by atoms with Crippen molar-refractivity contribution in [2.45, 2.75) is 0 Å². The third-order valence-electron chi connectivity index (χ3n) is 3.44. The summed E-state index contributed by atoms with van der Waals surface area (Å²) in [4.78, 5) is 12.6. The number of benzene rings is 1. The van der Waals surface area contributed by atoms with Gasteiger partial charge < -0.3 is 9.62 Å². The largest absolute Gasteiger partial charge is 0.406 e. The van der Waals surface area contributed by atoms with Crippen LogP contribution in [0.1, 0.15) is 0 Å². The molecule has 2 aromatic heterocycles. The maximum Gasteiger partial charge on any atom is 0.406 e. The number of hydrogen-bond acceptors (Lipinski definition) is 6. The normalized spacial score (nSPS) is 13.4. The van der Waals surface area contributed by atoms with E-state index >= 15 is 0 Å². The number of aromatic nitrogens is 6. The van der Waals surface area contributed by atoms with Crippen LogP contribution in [0.2, 0.25) is 0 Å². The van der Waals surface area contributed by atoms with E-state index in [-0.39, 0.29) is 0 Å². The molecule has 21 heavy (non-hydrogen) atoms. The summed E-state index contributed by atoms with van der Waals surface area (Å²) in [7, 11) is 5.67. The lowest BCUT2D eigenvalue weighted by atomic mass is 10.1. The minimum Gasteiger partial charge on any atom is -0.335 e. The van der Waals surface area contributed by atoms with Crippen molar-refractivity contribution in [2.75, 3.05) is 9.62 Å². The van der Waals surface area contributed by atoms with Gasteiger partial charge in [0.15, 0.2) is 0 Å². The quantitative estimate of drug-likeness (QED) is 0.645. The van der Waals surface area contributed by atoms with Gasteiger partial charge in [0.1, 0.15) is 12.7 Å². The number of fused-ring (bicyclic) bond motifs is 1. The van der Waals surface area contributed by atoms with Gasteiger partial charge in [-0.25, -0.2) is 19.3 Å². The van der Waals surface area contributed by atoms with E-state index in [0.29, 0.717) is 0 Å². The first-order valence-corrected chi connectivity index (χ1v) is 6.46. The maximum atomic E-state index is 4.31. The van der Waals surface area contributed by atoms with Crippen molar-refractivity contribution in [2.24, 2.45) is 14.1 Å². The van der Waals surface area contributed by atoms with E-state index in [0.717, 1.165) is 23.3 Å². The molecular formula is C12H12BN8. The third kappa shape index (κ3) is 1.70. The van der Waals surface area contributed by atoms with Gasteiger partial charge in [0, 0.05) is 14.1 Å². The van der Waals surface area contributed by atoms with Crippen LogP contribution in [-0.4, -0.2) is 37.1 Å². The lowest BCUT2D eigenvalue weighted by Crippen LogP contribution is -2.31. The van der Waals surface area contributed by atoms with Crippen LogP contribution in [-0.2, 0) is 14.1 Å². The molecule has 0 bridgehead atoms. The van der Waals surface area contributed by atoms with Crippen LogP contribution in [0.3, 0.4) is 0 Å². The number of hydrogen-bond donors (Lipinski definition) is 0. The lowest BCUT2D eigenvalue weighted by molar-refractivity contribution is 0.765. The molecule has 0 unspecified atom stereocenters. The Morgan fingerprint density at radius 3 is 1.67 bits per heavy atom. The predicted molar refractivity (Wildman–Crippen MR) is 78.5 cm³/mol. The van der Waals surface area contributed by atoms with Crippen LogP contribution in [0.15, 0.2) is 36.9 Å². The fourth-order valence-electron chi connectivity index (χ4n) is 2.45. The first kappa shape index (κ1) is 11.9. The lowest BCUT2D eigenvalue weighted by Gasteiger charge is -2.17. The zero-order valence-corrected chi connectivity index (χ0v) is 11.6. The summed E-state index contributed by atoms with van der Waals surface area (Å²) < 4.78 is 3.46. The molecule has 0 saturated heterocycles. The van der Waals surface area contributed by atoms with Crippen LogP contribution in [0.5, 0.6) is 0 Å². The van der Waals surface area contributed by atoms with Gasteiger partial charge in [-0.05, 0) is 12.1 Å². The Hall–Kier alpha value is -2.84. The van der Waals surface area contributed by atoms with Crippen LogP contribution < -0.4 is 9.62 Å². The van der Waals surface area contributed by atoms with E-state index in [1.54, 1.807) is 9.36 Å². The van der Waals surface area contributed by atoms with E-state index < -0.39 is 0 Å². The maximum absolute atomic E-state index is 4.31. The highest BCUT2D eigenvalue weighted by Gasteiger charge is 2.34. The van der Waals surface area contributed by atoms with E-state index in [2.05, 4.69) is 20.2 Å². The number of rotatable bonds is 2. The highest BCUT2D eigenvalue weighted by Crippen LogP contribution is 2.41. The smallest absolute Gasteiger partial charge is 0.335 e. The fraction of sp³-hybridized carbons (Fsp3) is 0.167. The van der Waals surface area contributed by atoms with Crippen molar-refractivity contribution < 1.29 is 0 Å². The molecule has 0 saturated carbocycles. The summed E-state index contributed by atoms with van der Waals surface area (Å²) in [5, 5.41) is 8.26. The molecule has 3 heterocycles. The van der Waals surface area contributed by atoms with Crippen LogP contribution in [0.4, 0.5) is 23.3 Å². The predicted octanol–water partition coefficient (Wildman–Crippen LogP) is 0.768. The molecule has 1 aliphatic heterocycles. The zero-order valence-electron chi connectivity index (χ0n) is 11.6. The number of nitrogens with zero attached hydrogens (tertiary/aromatic N) is 8. The summed E-state index contributed by atoms with van der Waals surface area (Å²) in [5.41, 5.74) is 2.05. The van der Waals surface area contributed by atoms with Crippen molar-refractivity contribution >= 4 is 30.8 Å². The van der Waals surface area contributed by atoms with E-state index in [9.17, 15) is 0 Å². The van der Waals surface area contributed by atoms with Gasteiger partial charge in [0.2, 0.25) is 11.9 Å². The highest BCUT2D eigenvalue weighted by molar-refractivity contribution is 6.54. The monoisotopic (exact) mass is 279 g/mol. The average molecular weight is 279 g/mol. The van der Waals surface area contributed by atoms with Crippen molar-refractivity contribution in [3.05, 3.63) is 36.9 Å². The molecule has 0 aliphatic carbocycles. The summed E-state index contributed by atoms with van der Waals surface area (Å²) in [6.45, 7) is 0. The Kier molecular flexibility index (Phi) is 2.47. The van der Waals surface area contributed by atoms with Crippen LogP contribution in [0.25, 0.3) is 0 Å². The second-order valence-electron chi connectivity index (χ2n) is 4.71. The molecule has 4 rings (SSSR count). The van der Waals surface area contributed by atoms with Crippen LogP contribution in [0, 0.1) is 0 Å². The van der Waals surface area contributed by atoms with Gasteiger partial charge in [0.25, 0.3) is 0 Å². The molecule has 1 radical (unpaired) electrons. The van der Waals surface area contributed by atoms with Gasteiger partial charge in [-0.1, -0.05) is 12.1 Å². The van der Waals surface area contributed by atoms with Crippen molar-refractivity contribution in [1.29, 1.82) is 0 Å². The molecule has 0 N–H and O–H groups in total. The van der Waals surface area contributed by atoms with Crippen molar-refractivity contribution in [1.82, 2.24) is 29.5 Å². The fourth-order valence-corrected chi connectivity index (χ4v) is 2.45. The summed E-state index contributed by atoms with van der Waals surface area (Å²) in [6.07, 6.45) is 3.08. The second-order valence-corrected chi connectivity index (χ2v) is 4.71. The summed E-state index contributed by atoms with van der Waals surface area (Å²) in [5.74, 6) is 1.49. The molecule has 3 aromatic rings. The molecule has 1 aliphatic rings. The van der Waals surface area contributed by atoms with E-state index in [1.807, 2.05) is 55.5 Å². The molecule has 0 fully saturated rings. The number of anilines is 4. The molecule has 0 spiro atoms. The zero-order chi connectivity index (χ0) is 14.4. The Balaban J connectivity index is 1.84. The third-order valence-corrected chi connectivity index (χ3v) is 3.44. The first-order valence-electron chi connectivity index (χ1n) is 6.46. The first-order chi connectivity index (χ1) is 10.3. The Labute approximate surface area is 121 Å². The van der Waals surface area contributed by atoms with Crippen molar-refractivity contribution in [3.8, 4) is 0 Å². The van der Waals surface area contributed by atoms with E-state index in [1.165, 1.54) is 12.7 Å². The number of aryl methyl sites for hydroxylation is 2. The Bertz CT molecular complexity index is 729. The summed E-state index contributed by atoms with van der Waals surface area (Å²) >= 11 is 0. The minimum atomic E-state index is 0.743. The minimum absolute atomic E-state index is 0.743. The molecule has 8 nitrogen and oxygen atoms in total. The molecule has 0 atom stereocenters. The Morgan fingerprint density at radius 2 is 1.29 bits per heavy atom. The highest BCUT2D eigenvalue weighted by atomic mass is 15.5. The molecule has 9 heteroatoms. The topological polar surface area (TPSA) is 67.9 Å². The number of para-hydroxylation sites is 2. The van der Waals surface area contributed by atoms with Crippen LogP contribution >= 0.6 is 0 Å². The van der Waals surface area contributed by atoms with Gasteiger partial charge in [0.05, 0.1) is 11.4 Å². The second kappa shape index (κ2) is 4.34. The van der Waals surface area contributed by atoms with Gasteiger partial charge >= 0.3 is 7.55 Å². The summed E-state index contributed by atoms with van der Waals surface area (Å²) in [6, 6.07) is 8.07. The van der Waals surface area contributed by atoms with Gasteiger partial charge in [-0.2, -0.15) is 10.2 Å². The van der Waals surface area contributed by atoms with Gasteiger partial charge in [-0.15, -0.1) is 0 Å². The van der Waals surface area contributed by atoms with Crippen molar-refractivity contribution in [3.63, 3.8) is 0 Å². The molecular weight excluding hydrogens is 267 g/mol. The molecule has 0 amide bonds. The molecule has 103 valence electrons. The SMILES string of the molecule is Cn1ncnc1N1[B]N(c2ncnn2C)c2ccccc21. The average Bonchev–Trinajstić information content (AvgIpc) is 3.17. The molecule has 1 aromatic carbocycles. The standard InChI is InChI=1S/C12H12BN8/c1-18-11(14-7-16-18)20-9-5-3-4-6-10(9)21(13-20)12-15-8-17-19(12)2/h3-8H,1-2H3. The van der Waals surface area contributed by atoms with E-state index in [4.69, 9.17) is 0 Å². The van der Waals surface area contributed by atoms with Gasteiger partial charge in [-0.3, -0.25) is 0 Å². The Morgan fingerprint density at radius 1 is 0.810 bits per heavy atom.